The molecule has 1 aromatic carbocycles. The summed E-state index contributed by atoms with van der Waals surface area (Å²) >= 11 is 0. The quantitative estimate of drug-likeness (QED) is 0.843. The summed E-state index contributed by atoms with van der Waals surface area (Å²) in [6.07, 6.45) is 1.69. The van der Waals surface area contributed by atoms with Crippen molar-refractivity contribution < 1.29 is 9.59 Å². The number of nitrogens with one attached hydrogen (secondary N) is 1. The molecule has 0 spiro atoms. The number of benzene rings is 1. The lowest BCUT2D eigenvalue weighted by Crippen LogP contribution is -2.36. The van der Waals surface area contributed by atoms with Crippen LogP contribution in [0.1, 0.15) is 29.7 Å². The molecule has 0 fully saturated rings. The molecule has 4 heteroatoms. The van der Waals surface area contributed by atoms with E-state index in [0.717, 1.165) is 22.4 Å². The third-order valence-corrected chi connectivity index (χ3v) is 3.37. The van der Waals surface area contributed by atoms with Gasteiger partial charge in [0, 0.05) is 19.0 Å². The van der Waals surface area contributed by atoms with E-state index >= 15 is 0 Å². The molecule has 2 amide bonds. The largest absolute Gasteiger partial charge is 0.341 e. The number of aryl methyl sites for hydroxylation is 2. The van der Waals surface area contributed by atoms with Gasteiger partial charge >= 0.3 is 0 Å². The number of nitrogens with zero attached hydrogens (tertiary/aromatic N) is 1. The number of anilines is 1. The Kier molecular flexibility index (Phi) is 3.42. The fraction of sp³-hybridized carbons (Fsp3) is 0.333. The molecule has 0 bridgehead atoms. The standard InChI is InChI=1S/C15H18N2O2/c1-5-8-17-14-10(3)7-6-9(2)12(14)13(15(17)19)16-11(4)18/h5-7,13H,1,8H2,2-4H3,(H,16,18)/t13-/m1/s1. The minimum Gasteiger partial charge on any atom is -0.341 e. The van der Waals surface area contributed by atoms with Crippen molar-refractivity contribution in [1.29, 1.82) is 0 Å². The molecule has 1 atom stereocenters. The van der Waals surface area contributed by atoms with E-state index in [1.807, 2.05) is 26.0 Å². The number of rotatable bonds is 3. The maximum absolute atomic E-state index is 12.5. The van der Waals surface area contributed by atoms with Crippen LogP contribution in [0.5, 0.6) is 0 Å². The molecule has 1 aliphatic heterocycles. The summed E-state index contributed by atoms with van der Waals surface area (Å²) < 4.78 is 0. The molecular formula is C15H18N2O2. The van der Waals surface area contributed by atoms with E-state index in [1.165, 1.54) is 6.92 Å². The fourth-order valence-electron chi connectivity index (χ4n) is 2.58. The Morgan fingerprint density at radius 1 is 1.42 bits per heavy atom. The lowest BCUT2D eigenvalue weighted by molar-refractivity contribution is -0.126. The van der Waals surface area contributed by atoms with Gasteiger partial charge in [-0.15, -0.1) is 6.58 Å². The predicted octanol–water partition coefficient (Wildman–Crippen LogP) is 2.01. The highest BCUT2D eigenvalue weighted by Gasteiger charge is 2.39. The molecule has 1 N–H and O–H groups in total. The molecule has 4 nitrogen and oxygen atoms in total. The molecule has 2 rings (SSSR count). The Balaban J connectivity index is 2.59. The number of amides is 2. The second kappa shape index (κ2) is 4.88. The van der Waals surface area contributed by atoms with E-state index in [1.54, 1.807) is 11.0 Å². The normalized spacial score (nSPS) is 17.3. The number of hydrogen-bond acceptors (Lipinski definition) is 2. The number of fused-ring (bicyclic) bond motifs is 1. The summed E-state index contributed by atoms with van der Waals surface area (Å²) in [4.78, 5) is 25.5. The Hall–Kier alpha value is -2.10. The maximum atomic E-state index is 12.5. The summed E-state index contributed by atoms with van der Waals surface area (Å²) in [5.41, 5.74) is 3.86. The highest BCUT2D eigenvalue weighted by molar-refractivity contribution is 6.07. The summed E-state index contributed by atoms with van der Waals surface area (Å²) in [6.45, 7) is 9.49. The second-order valence-electron chi connectivity index (χ2n) is 4.83. The lowest BCUT2D eigenvalue weighted by Gasteiger charge is -2.17. The molecule has 1 aromatic rings. The molecule has 1 aliphatic rings. The van der Waals surface area contributed by atoms with Crippen molar-refractivity contribution in [3.8, 4) is 0 Å². The smallest absolute Gasteiger partial charge is 0.254 e. The highest BCUT2D eigenvalue weighted by atomic mass is 16.2. The van der Waals surface area contributed by atoms with Crippen LogP contribution in [-0.2, 0) is 9.59 Å². The van der Waals surface area contributed by atoms with Gasteiger partial charge in [-0.05, 0) is 25.0 Å². The van der Waals surface area contributed by atoms with Crippen molar-refractivity contribution in [2.75, 3.05) is 11.4 Å². The Bertz CT molecular complexity index is 564. The molecule has 1 heterocycles. The van der Waals surface area contributed by atoms with E-state index in [9.17, 15) is 9.59 Å². The van der Waals surface area contributed by atoms with Crippen molar-refractivity contribution in [3.05, 3.63) is 41.5 Å². The van der Waals surface area contributed by atoms with Gasteiger partial charge in [0.15, 0.2) is 0 Å². The number of hydrogen-bond donors (Lipinski definition) is 1. The molecule has 19 heavy (non-hydrogen) atoms. The van der Waals surface area contributed by atoms with Gasteiger partial charge in [-0.1, -0.05) is 18.2 Å². The van der Waals surface area contributed by atoms with E-state index in [4.69, 9.17) is 0 Å². The SMILES string of the molecule is C=CCN1C(=O)[C@H](NC(C)=O)c2c(C)ccc(C)c21. The first-order valence-corrected chi connectivity index (χ1v) is 6.26. The summed E-state index contributed by atoms with van der Waals surface area (Å²) in [5, 5.41) is 2.74. The summed E-state index contributed by atoms with van der Waals surface area (Å²) in [5.74, 6) is -0.298. The zero-order valence-corrected chi connectivity index (χ0v) is 11.5. The number of carbonyl (C=O) groups is 2. The van der Waals surface area contributed by atoms with Gasteiger partial charge in [-0.2, -0.15) is 0 Å². The minimum absolute atomic E-state index is 0.0949. The van der Waals surface area contributed by atoms with Crippen LogP contribution in [0.2, 0.25) is 0 Å². The molecule has 0 aromatic heterocycles. The van der Waals surface area contributed by atoms with E-state index < -0.39 is 6.04 Å². The Morgan fingerprint density at radius 2 is 2.05 bits per heavy atom. The van der Waals surface area contributed by atoms with E-state index in [2.05, 4.69) is 11.9 Å². The monoisotopic (exact) mass is 258 g/mol. The van der Waals surface area contributed by atoms with Crippen LogP contribution >= 0.6 is 0 Å². The van der Waals surface area contributed by atoms with Crippen LogP contribution in [0.25, 0.3) is 0 Å². The van der Waals surface area contributed by atoms with Gasteiger partial charge in [0.25, 0.3) is 5.91 Å². The maximum Gasteiger partial charge on any atom is 0.254 e. The third-order valence-electron chi connectivity index (χ3n) is 3.37. The topological polar surface area (TPSA) is 49.4 Å². The van der Waals surface area contributed by atoms with Crippen LogP contribution in [0.4, 0.5) is 5.69 Å². The third kappa shape index (κ3) is 2.14. The van der Waals surface area contributed by atoms with Crippen LogP contribution in [-0.4, -0.2) is 18.4 Å². The van der Waals surface area contributed by atoms with E-state index in [0.29, 0.717) is 6.54 Å². The van der Waals surface area contributed by atoms with E-state index in [-0.39, 0.29) is 11.8 Å². The molecular weight excluding hydrogens is 240 g/mol. The minimum atomic E-state index is -0.577. The van der Waals surface area contributed by atoms with Crippen molar-refractivity contribution in [1.82, 2.24) is 5.32 Å². The molecule has 0 saturated carbocycles. The van der Waals surface area contributed by atoms with Gasteiger partial charge in [0.05, 0.1) is 5.69 Å². The van der Waals surface area contributed by atoms with Crippen molar-refractivity contribution >= 4 is 17.5 Å². The fourth-order valence-corrected chi connectivity index (χ4v) is 2.58. The first-order chi connectivity index (χ1) is 8.97. The average Bonchev–Trinajstić information content (AvgIpc) is 2.60. The predicted molar refractivity (Wildman–Crippen MR) is 75.0 cm³/mol. The molecule has 0 aliphatic carbocycles. The average molecular weight is 258 g/mol. The molecule has 100 valence electrons. The van der Waals surface area contributed by atoms with Crippen molar-refractivity contribution in [3.63, 3.8) is 0 Å². The summed E-state index contributed by atoms with van der Waals surface area (Å²) in [7, 11) is 0. The first-order valence-electron chi connectivity index (χ1n) is 6.26. The van der Waals surface area contributed by atoms with Crippen molar-refractivity contribution in [2.24, 2.45) is 0 Å². The van der Waals surface area contributed by atoms with Gasteiger partial charge in [0.1, 0.15) is 6.04 Å². The first kappa shape index (κ1) is 13.3. The van der Waals surface area contributed by atoms with Crippen LogP contribution in [0, 0.1) is 13.8 Å². The molecule has 0 saturated heterocycles. The Morgan fingerprint density at radius 3 is 2.63 bits per heavy atom. The molecule has 0 radical (unpaired) electrons. The molecule has 0 unspecified atom stereocenters. The van der Waals surface area contributed by atoms with Crippen LogP contribution in [0.15, 0.2) is 24.8 Å². The van der Waals surface area contributed by atoms with Gasteiger partial charge in [-0.25, -0.2) is 0 Å². The van der Waals surface area contributed by atoms with Crippen LogP contribution in [0.3, 0.4) is 0 Å². The van der Waals surface area contributed by atoms with Gasteiger partial charge in [0.2, 0.25) is 5.91 Å². The van der Waals surface area contributed by atoms with Crippen molar-refractivity contribution in [2.45, 2.75) is 26.8 Å². The number of carbonyl (C=O) groups excluding carboxylic acids is 2. The van der Waals surface area contributed by atoms with Gasteiger partial charge in [-0.3, -0.25) is 9.59 Å². The highest BCUT2D eigenvalue weighted by Crippen LogP contribution is 2.40. The lowest BCUT2D eigenvalue weighted by atomic mass is 9.99. The second-order valence-corrected chi connectivity index (χ2v) is 4.83. The summed E-state index contributed by atoms with van der Waals surface area (Å²) in [6, 6.07) is 3.40. The zero-order chi connectivity index (χ0) is 14.2. The zero-order valence-electron chi connectivity index (χ0n) is 11.5. The van der Waals surface area contributed by atoms with Gasteiger partial charge < -0.3 is 10.2 Å². The van der Waals surface area contributed by atoms with Crippen LogP contribution < -0.4 is 10.2 Å². The Labute approximate surface area is 113 Å².